The number of benzene rings is 2. The molecule has 0 radical (unpaired) electrons. The van der Waals surface area contributed by atoms with Gasteiger partial charge in [-0.1, -0.05) is 49.2 Å². The predicted molar refractivity (Wildman–Crippen MR) is 95.3 cm³/mol. The van der Waals surface area contributed by atoms with E-state index in [1.165, 1.54) is 17.0 Å². The average Bonchev–Trinajstić information content (AvgIpc) is 3.06. The fraction of sp³-hybridized carbons (Fsp3) is 0.167. The number of carbonyl (C=O) groups is 3. The average molecular weight is 369 g/mol. The van der Waals surface area contributed by atoms with Gasteiger partial charge in [0, 0.05) is 12.1 Å². The van der Waals surface area contributed by atoms with Gasteiger partial charge in [-0.2, -0.15) is 0 Å². The number of aromatic hydroxyl groups is 1. The second-order valence-electron chi connectivity index (χ2n) is 6.32. The third kappa shape index (κ3) is 2.33. The molecule has 2 aliphatic rings. The molecule has 2 N–H and O–H groups in total. The SMILES string of the molecule is O=C1c2cc(O)ccc2CN1CC1(c2ccccc2)NC(=O)N(S)C1=O. The molecule has 1 saturated heterocycles. The molecule has 4 rings (SSSR count). The zero-order chi connectivity index (χ0) is 18.5. The first-order chi connectivity index (χ1) is 12.4. The van der Waals surface area contributed by atoms with Crippen molar-refractivity contribution in [2.45, 2.75) is 12.1 Å². The van der Waals surface area contributed by atoms with Crippen molar-refractivity contribution in [2.75, 3.05) is 6.54 Å². The largest absolute Gasteiger partial charge is 0.508 e. The van der Waals surface area contributed by atoms with Crippen LogP contribution in [0.5, 0.6) is 5.75 Å². The summed E-state index contributed by atoms with van der Waals surface area (Å²) < 4.78 is 0.729. The molecule has 2 heterocycles. The Labute approximate surface area is 154 Å². The summed E-state index contributed by atoms with van der Waals surface area (Å²) in [7, 11) is 0. The Bertz CT molecular complexity index is 933. The molecule has 26 heavy (non-hydrogen) atoms. The molecule has 0 aliphatic carbocycles. The van der Waals surface area contributed by atoms with Gasteiger partial charge in [-0.3, -0.25) is 9.59 Å². The van der Waals surface area contributed by atoms with Gasteiger partial charge in [0.05, 0.1) is 6.54 Å². The van der Waals surface area contributed by atoms with Crippen LogP contribution in [0.15, 0.2) is 48.5 Å². The number of urea groups is 1. The number of fused-ring (bicyclic) bond motifs is 1. The number of rotatable bonds is 3. The molecule has 1 unspecified atom stereocenters. The van der Waals surface area contributed by atoms with E-state index >= 15 is 0 Å². The lowest BCUT2D eigenvalue weighted by molar-refractivity contribution is -0.128. The van der Waals surface area contributed by atoms with Gasteiger partial charge in [0.2, 0.25) is 0 Å². The van der Waals surface area contributed by atoms with Crippen molar-refractivity contribution in [1.29, 1.82) is 0 Å². The molecule has 0 saturated carbocycles. The van der Waals surface area contributed by atoms with Crippen LogP contribution < -0.4 is 5.32 Å². The maximum atomic E-state index is 12.8. The zero-order valence-electron chi connectivity index (χ0n) is 13.5. The third-order valence-corrected chi connectivity index (χ3v) is 5.10. The lowest BCUT2D eigenvalue weighted by Crippen LogP contribution is -2.52. The first kappa shape index (κ1) is 16.5. The minimum Gasteiger partial charge on any atom is -0.508 e. The Hall–Kier alpha value is -3.00. The second kappa shape index (κ2) is 5.77. The van der Waals surface area contributed by atoms with E-state index in [1.54, 1.807) is 36.4 Å². The number of amides is 4. The van der Waals surface area contributed by atoms with E-state index in [4.69, 9.17) is 0 Å². The molecule has 132 valence electrons. The Morgan fingerprint density at radius 3 is 2.50 bits per heavy atom. The minimum atomic E-state index is -1.40. The summed E-state index contributed by atoms with van der Waals surface area (Å²) in [6.07, 6.45) is 0. The lowest BCUT2D eigenvalue weighted by Gasteiger charge is -2.31. The van der Waals surface area contributed by atoms with E-state index in [0.29, 0.717) is 17.7 Å². The van der Waals surface area contributed by atoms with Gasteiger partial charge in [-0.15, -0.1) is 0 Å². The summed E-state index contributed by atoms with van der Waals surface area (Å²) in [6.45, 7) is 0.256. The van der Waals surface area contributed by atoms with Crippen LogP contribution in [0.3, 0.4) is 0 Å². The van der Waals surface area contributed by atoms with Crippen molar-refractivity contribution < 1.29 is 19.5 Å². The summed E-state index contributed by atoms with van der Waals surface area (Å²) in [4.78, 5) is 39.1. The Balaban J connectivity index is 1.73. The fourth-order valence-electron chi connectivity index (χ4n) is 3.44. The summed E-state index contributed by atoms with van der Waals surface area (Å²) in [5.41, 5.74) is 0.324. The Morgan fingerprint density at radius 2 is 1.85 bits per heavy atom. The molecule has 2 aromatic rings. The molecule has 0 aromatic heterocycles. The van der Waals surface area contributed by atoms with E-state index in [1.807, 2.05) is 0 Å². The Kier molecular flexibility index (Phi) is 3.66. The number of nitrogens with zero attached hydrogens (tertiary/aromatic N) is 2. The number of phenolic OH excluding ortho intramolecular Hbond substituents is 1. The Morgan fingerprint density at radius 1 is 1.12 bits per heavy atom. The monoisotopic (exact) mass is 369 g/mol. The van der Waals surface area contributed by atoms with Crippen molar-refractivity contribution >= 4 is 30.7 Å². The fourth-order valence-corrected chi connectivity index (χ4v) is 3.66. The number of phenols is 1. The molecule has 1 fully saturated rings. The van der Waals surface area contributed by atoms with Crippen LogP contribution in [-0.2, 0) is 16.9 Å². The van der Waals surface area contributed by atoms with Crippen molar-refractivity contribution in [1.82, 2.24) is 14.5 Å². The first-order valence-corrected chi connectivity index (χ1v) is 8.35. The van der Waals surface area contributed by atoms with Gasteiger partial charge in [0.25, 0.3) is 11.8 Å². The number of nitrogens with one attached hydrogen (secondary N) is 1. The number of carbonyl (C=O) groups excluding carboxylic acids is 3. The van der Waals surface area contributed by atoms with Crippen molar-refractivity contribution in [3.63, 3.8) is 0 Å². The third-order valence-electron chi connectivity index (χ3n) is 4.74. The molecule has 2 aromatic carbocycles. The van der Waals surface area contributed by atoms with E-state index in [9.17, 15) is 19.5 Å². The van der Waals surface area contributed by atoms with Crippen LogP contribution in [0.4, 0.5) is 4.79 Å². The topological polar surface area (TPSA) is 89.9 Å². The molecule has 0 spiro atoms. The quantitative estimate of drug-likeness (QED) is 0.567. The van der Waals surface area contributed by atoms with E-state index in [-0.39, 0.29) is 18.2 Å². The van der Waals surface area contributed by atoms with Gasteiger partial charge in [-0.25, -0.2) is 9.10 Å². The molecule has 8 heteroatoms. The number of thiol groups is 1. The van der Waals surface area contributed by atoms with Crippen LogP contribution in [-0.4, -0.2) is 38.7 Å². The van der Waals surface area contributed by atoms with Crippen LogP contribution in [0, 0.1) is 0 Å². The number of hydrogen-bond acceptors (Lipinski definition) is 5. The number of hydrogen-bond donors (Lipinski definition) is 3. The summed E-state index contributed by atoms with van der Waals surface area (Å²) in [5, 5.41) is 12.3. The molecule has 2 aliphatic heterocycles. The van der Waals surface area contributed by atoms with Gasteiger partial charge < -0.3 is 15.3 Å². The minimum absolute atomic E-state index is 0.00324. The van der Waals surface area contributed by atoms with E-state index in [0.717, 1.165) is 9.87 Å². The standard InChI is InChI=1S/C18H15N3O4S/c22-13-7-6-11-9-20(15(23)14(11)8-13)10-18(12-4-2-1-3-5-12)16(24)21(26)17(25)19-18/h1-8,22,26H,9-10H2,(H,19,25). The van der Waals surface area contributed by atoms with Gasteiger partial charge in [-0.05, 0) is 23.3 Å². The van der Waals surface area contributed by atoms with E-state index < -0.39 is 17.5 Å². The highest BCUT2D eigenvalue weighted by Crippen LogP contribution is 2.34. The van der Waals surface area contributed by atoms with Gasteiger partial charge >= 0.3 is 6.03 Å². The normalized spacial score (nSPS) is 22.0. The van der Waals surface area contributed by atoms with Crippen LogP contribution in [0.1, 0.15) is 21.5 Å². The zero-order valence-corrected chi connectivity index (χ0v) is 14.4. The smallest absolute Gasteiger partial charge is 0.335 e. The second-order valence-corrected chi connectivity index (χ2v) is 6.72. The summed E-state index contributed by atoms with van der Waals surface area (Å²) >= 11 is 3.96. The summed E-state index contributed by atoms with van der Waals surface area (Å²) in [6, 6.07) is 12.7. The van der Waals surface area contributed by atoms with Gasteiger partial charge in [0.1, 0.15) is 5.75 Å². The van der Waals surface area contributed by atoms with E-state index in [2.05, 4.69) is 18.1 Å². The lowest BCUT2D eigenvalue weighted by atomic mass is 9.89. The van der Waals surface area contributed by atoms with Gasteiger partial charge in [0.15, 0.2) is 5.54 Å². The van der Waals surface area contributed by atoms with Crippen LogP contribution in [0.25, 0.3) is 0 Å². The van der Waals surface area contributed by atoms with Crippen molar-refractivity contribution in [2.24, 2.45) is 0 Å². The first-order valence-electron chi connectivity index (χ1n) is 7.95. The molecular formula is C18H15N3O4S. The highest BCUT2D eigenvalue weighted by Gasteiger charge is 2.53. The van der Waals surface area contributed by atoms with Crippen molar-refractivity contribution in [3.8, 4) is 5.75 Å². The maximum Gasteiger partial charge on any atom is 0.335 e. The molecule has 7 nitrogen and oxygen atoms in total. The van der Waals surface area contributed by atoms with Crippen LogP contribution >= 0.6 is 12.8 Å². The highest BCUT2D eigenvalue weighted by atomic mass is 32.1. The molecule has 1 atom stereocenters. The molecule has 4 amide bonds. The highest BCUT2D eigenvalue weighted by molar-refractivity contribution is 7.79. The summed E-state index contributed by atoms with van der Waals surface area (Å²) in [5.74, 6) is -0.835. The molecular weight excluding hydrogens is 354 g/mol. The maximum absolute atomic E-state index is 12.8. The number of imide groups is 1. The molecule has 0 bridgehead atoms. The van der Waals surface area contributed by atoms with Crippen molar-refractivity contribution in [3.05, 3.63) is 65.2 Å². The van der Waals surface area contributed by atoms with Crippen LogP contribution in [0.2, 0.25) is 0 Å². The predicted octanol–water partition coefficient (Wildman–Crippen LogP) is 1.64.